The van der Waals surface area contributed by atoms with Crippen molar-refractivity contribution in [3.05, 3.63) is 0 Å². The minimum absolute atomic E-state index is 0.0171. The van der Waals surface area contributed by atoms with Crippen LogP contribution in [-0.2, 0) is 0 Å². The SMILES string of the molecule is CC(C)(C)C(C)(C)C(C)(C)C(C)(O)O. The van der Waals surface area contributed by atoms with Crippen molar-refractivity contribution < 1.29 is 10.2 Å². The van der Waals surface area contributed by atoms with Gasteiger partial charge in [0.15, 0.2) is 5.79 Å². The summed E-state index contributed by atoms with van der Waals surface area (Å²) in [5.41, 5.74) is -0.736. The topological polar surface area (TPSA) is 40.5 Å². The van der Waals surface area contributed by atoms with Crippen molar-refractivity contribution in [3.8, 4) is 0 Å². The van der Waals surface area contributed by atoms with Crippen molar-refractivity contribution in [2.45, 2.75) is 61.2 Å². The molecule has 0 spiro atoms. The Morgan fingerprint density at radius 1 is 0.571 bits per heavy atom. The molecule has 0 atom stereocenters. The molecule has 2 heteroatoms. The lowest BCUT2D eigenvalue weighted by molar-refractivity contribution is -0.266. The fraction of sp³-hybridized carbons (Fsp3) is 1.00. The third-order valence-electron chi connectivity index (χ3n) is 4.62. The monoisotopic (exact) mass is 202 g/mol. The molecule has 2 nitrogen and oxygen atoms in total. The highest BCUT2D eigenvalue weighted by molar-refractivity contribution is 4.99. The van der Waals surface area contributed by atoms with Crippen LogP contribution in [-0.4, -0.2) is 16.0 Å². The van der Waals surface area contributed by atoms with Gasteiger partial charge in [0.1, 0.15) is 0 Å². The van der Waals surface area contributed by atoms with Crippen LogP contribution in [0, 0.1) is 16.2 Å². The van der Waals surface area contributed by atoms with Crippen LogP contribution in [0.25, 0.3) is 0 Å². The second kappa shape index (κ2) is 3.21. The van der Waals surface area contributed by atoms with Crippen molar-refractivity contribution >= 4 is 0 Å². The van der Waals surface area contributed by atoms with Gasteiger partial charge in [-0.15, -0.1) is 0 Å². The Bertz CT molecular complexity index is 177. The van der Waals surface area contributed by atoms with E-state index < -0.39 is 11.2 Å². The Balaban J connectivity index is 5.30. The van der Waals surface area contributed by atoms with Crippen LogP contribution >= 0.6 is 0 Å². The maximum atomic E-state index is 9.80. The van der Waals surface area contributed by atoms with Crippen molar-refractivity contribution in [2.75, 3.05) is 0 Å². The van der Waals surface area contributed by atoms with E-state index in [1.54, 1.807) is 0 Å². The van der Waals surface area contributed by atoms with Gasteiger partial charge in [-0.2, -0.15) is 0 Å². The van der Waals surface area contributed by atoms with E-state index in [4.69, 9.17) is 0 Å². The van der Waals surface area contributed by atoms with Crippen LogP contribution in [0.3, 0.4) is 0 Å². The summed E-state index contributed by atoms with van der Waals surface area (Å²) in [7, 11) is 0. The van der Waals surface area contributed by atoms with Gasteiger partial charge in [-0.05, 0) is 17.8 Å². The molecular weight excluding hydrogens is 176 g/mol. The summed E-state index contributed by atoms with van der Waals surface area (Å²) in [5.74, 6) is -1.66. The quantitative estimate of drug-likeness (QED) is 0.676. The highest BCUT2D eigenvalue weighted by atomic mass is 16.5. The Morgan fingerprint density at radius 3 is 0.929 bits per heavy atom. The van der Waals surface area contributed by atoms with Gasteiger partial charge in [-0.1, -0.05) is 48.5 Å². The highest BCUT2D eigenvalue weighted by Gasteiger charge is 2.53. The lowest BCUT2D eigenvalue weighted by atomic mass is 9.53. The first-order chi connectivity index (χ1) is 5.75. The van der Waals surface area contributed by atoms with E-state index in [0.717, 1.165) is 0 Å². The van der Waals surface area contributed by atoms with Gasteiger partial charge in [-0.25, -0.2) is 0 Å². The maximum absolute atomic E-state index is 9.80. The zero-order chi connectivity index (χ0) is 12.0. The normalized spacial score (nSPS) is 15.9. The third kappa shape index (κ3) is 1.96. The predicted molar refractivity (Wildman–Crippen MR) is 59.9 cm³/mol. The van der Waals surface area contributed by atoms with Gasteiger partial charge in [0.25, 0.3) is 0 Å². The summed E-state index contributed by atoms with van der Waals surface area (Å²) in [6.07, 6.45) is 0. The molecule has 0 aromatic rings. The van der Waals surface area contributed by atoms with Gasteiger partial charge < -0.3 is 10.2 Å². The molecular formula is C12H26O2. The highest BCUT2D eigenvalue weighted by Crippen LogP contribution is 2.54. The lowest BCUT2D eigenvalue weighted by Gasteiger charge is -2.54. The van der Waals surface area contributed by atoms with Crippen molar-refractivity contribution in [2.24, 2.45) is 16.2 Å². The molecule has 2 N–H and O–H groups in total. The standard InChI is InChI=1S/C12H26O2/c1-9(2,3)10(4,5)11(6,7)12(8,13)14/h13-14H,1-8H3. The fourth-order valence-electron chi connectivity index (χ4n) is 1.53. The van der Waals surface area contributed by atoms with Crippen LogP contribution in [0.4, 0.5) is 0 Å². The van der Waals surface area contributed by atoms with Gasteiger partial charge in [0.2, 0.25) is 0 Å². The molecule has 14 heavy (non-hydrogen) atoms. The molecule has 0 aliphatic carbocycles. The van der Waals surface area contributed by atoms with E-state index in [2.05, 4.69) is 34.6 Å². The van der Waals surface area contributed by atoms with Crippen molar-refractivity contribution in [1.82, 2.24) is 0 Å². The fourth-order valence-corrected chi connectivity index (χ4v) is 1.53. The summed E-state index contributed by atoms with van der Waals surface area (Å²) in [4.78, 5) is 0. The summed E-state index contributed by atoms with van der Waals surface area (Å²) < 4.78 is 0. The molecule has 0 amide bonds. The maximum Gasteiger partial charge on any atom is 0.165 e. The average molecular weight is 202 g/mol. The van der Waals surface area contributed by atoms with E-state index in [9.17, 15) is 10.2 Å². The largest absolute Gasteiger partial charge is 0.365 e. The molecule has 0 aliphatic heterocycles. The second-order valence-electron chi connectivity index (χ2n) is 6.52. The molecule has 0 aromatic carbocycles. The minimum Gasteiger partial charge on any atom is -0.365 e. The molecule has 0 fully saturated rings. The van der Waals surface area contributed by atoms with Crippen molar-refractivity contribution in [1.29, 1.82) is 0 Å². The third-order valence-corrected chi connectivity index (χ3v) is 4.62. The van der Waals surface area contributed by atoms with Gasteiger partial charge in [0.05, 0.1) is 0 Å². The Kier molecular flexibility index (Phi) is 3.19. The predicted octanol–water partition coefficient (Wildman–Crippen LogP) is 2.79. The molecule has 0 bridgehead atoms. The Labute approximate surface area is 88.3 Å². The molecule has 0 rings (SSSR count). The van der Waals surface area contributed by atoms with Crippen LogP contribution in [0.2, 0.25) is 0 Å². The average Bonchev–Trinajstić information content (AvgIpc) is 1.81. The Hall–Kier alpha value is -0.0800. The smallest absolute Gasteiger partial charge is 0.165 e. The summed E-state index contributed by atoms with van der Waals surface area (Å²) in [5, 5.41) is 19.6. The molecule has 86 valence electrons. The molecule has 0 aliphatic rings. The molecule has 0 heterocycles. The van der Waals surface area contributed by atoms with Gasteiger partial charge in [-0.3, -0.25) is 0 Å². The van der Waals surface area contributed by atoms with Crippen LogP contribution < -0.4 is 0 Å². The number of hydrogen-bond acceptors (Lipinski definition) is 2. The van der Waals surface area contributed by atoms with E-state index in [1.807, 2.05) is 13.8 Å². The van der Waals surface area contributed by atoms with Crippen LogP contribution in [0.1, 0.15) is 55.4 Å². The van der Waals surface area contributed by atoms with Crippen molar-refractivity contribution in [3.63, 3.8) is 0 Å². The van der Waals surface area contributed by atoms with Crippen LogP contribution in [0.15, 0.2) is 0 Å². The molecule has 0 unspecified atom stereocenters. The Morgan fingerprint density at radius 2 is 0.857 bits per heavy atom. The van der Waals surface area contributed by atoms with E-state index in [0.29, 0.717) is 0 Å². The lowest BCUT2D eigenvalue weighted by Crippen LogP contribution is -2.55. The van der Waals surface area contributed by atoms with E-state index in [1.165, 1.54) is 6.92 Å². The molecule has 0 radical (unpaired) electrons. The summed E-state index contributed by atoms with van der Waals surface area (Å²) in [6, 6.07) is 0. The zero-order valence-electron chi connectivity index (χ0n) is 10.9. The second-order valence-corrected chi connectivity index (χ2v) is 6.52. The molecule has 0 saturated heterocycles. The van der Waals surface area contributed by atoms with Gasteiger partial charge >= 0.3 is 0 Å². The number of aliphatic hydroxyl groups is 2. The van der Waals surface area contributed by atoms with E-state index >= 15 is 0 Å². The summed E-state index contributed by atoms with van der Waals surface area (Å²) >= 11 is 0. The number of hydrogen-bond donors (Lipinski definition) is 2. The molecule has 0 aromatic heterocycles. The zero-order valence-corrected chi connectivity index (χ0v) is 10.9. The van der Waals surface area contributed by atoms with Gasteiger partial charge in [0, 0.05) is 5.41 Å². The first-order valence-electron chi connectivity index (χ1n) is 5.20. The summed E-state index contributed by atoms with van der Waals surface area (Å²) in [6.45, 7) is 15.8. The number of rotatable bonds is 2. The first kappa shape index (κ1) is 13.9. The van der Waals surface area contributed by atoms with E-state index in [-0.39, 0.29) is 10.8 Å². The minimum atomic E-state index is -1.66. The van der Waals surface area contributed by atoms with Crippen LogP contribution in [0.5, 0.6) is 0 Å². The molecule has 0 saturated carbocycles. The first-order valence-corrected chi connectivity index (χ1v) is 5.20.